The minimum atomic E-state index is 0.00131. The first-order valence-corrected chi connectivity index (χ1v) is 11.9. The van der Waals surface area contributed by atoms with Gasteiger partial charge in [0.15, 0.2) is 0 Å². The first-order chi connectivity index (χ1) is 15.5. The van der Waals surface area contributed by atoms with Gasteiger partial charge in [0.1, 0.15) is 0 Å². The molecule has 5 rings (SSSR count). The fourth-order valence-corrected chi connectivity index (χ4v) is 5.41. The van der Waals surface area contributed by atoms with Gasteiger partial charge in [0.25, 0.3) is 5.91 Å². The van der Waals surface area contributed by atoms with E-state index >= 15 is 0 Å². The van der Waals surface area contributed by atoms with Gasteiger partial charge in [-0.1, -0.05) is 41.4 Å². The van der Waals surface area contributed by atoms with Crippen LogP contribution in [0.5, 0.6) is 0 Å². The molecule has 1 N–H and O–H groups in total. The summed E-state index contributed by atoms with van der Waals surface area (Å²) >= 11 is 12.1. The third kappa shape index (κ3) is 4.19. The summed E-state index contributed by atoms with van der Waals surface area (Å²) in [5.74, 6) is 0.00426. The molecule has 168 valence electrons. The molecular weight excluding hydrogens is 447 g/mol. The lowest BCUT2D eigenvalue weighted by molar-refractivity contribution is 0.0744. The van der Waals surface area contributed by atoms with Crippen molar-refractivity contribution in [2.45, 2.75) is 37.9 Å². The summed E-state index contributed by atoms with van der Waals surface area (Å²) in [6, 6.07) is 13.7. The molecule has 3 amide bonds. The molecule has 3 heterocycles. The summed E-state index contributed by atoms with van der Waals surface area (Å²) in [4.78, 5) is 31.9. The molecule has 1 atom stereocenters. The van der Waals surface area contributed by atoms with Crippen molar-refractivity contribution in [3.63, 3.8) is 0 Å². The van der Waals surface area contributed by atoms with Gasteiger partial charge in [-0.15, -0.1) is 0 Å². The van der Waals surface area contributed by atoms with E-state index in [4.69, 9.17) is 23.2 Å². The lowest BCUT2D eigenvalue weighted by atomic mass is 9.99. The average molecular weight is 473 g/mol. The molecule has 0 unspecified atom stereocenters. The number of amides is 3. The van der Waals surface area contributed by atoms with Gasteiger partial charge in [-0.3, -0.25) is 9.69 Å². The number of urea groups is 1. The number of nitrogens with zero attached hydrogens (tertiary/aromatic N) is 3. The zero-order valence-corrected chi connectivity index (χ0v) is 19.3. The second-order valence-corrected chi connectivity index (χ2v) is 9.62. The van der Waals surface area contributed by atoms with Crippen molar-refractivity contribution < 1.29 is 9.59 Å². The van der Waals surface area contributed by atoms with Crippen molar-refractivity contribution >= 4 is 40.8 Å². The summed E-state index contributed by atoms with van der Waals surface area (Å²) < 4.78 is 0. The third-order valence-electron chi connectivity index (χ3n) is 6.93. The van der Waals surface area contributed by atoms with Gasteiger partial charge in [0.2, 0.25) is 0 Å². The predicted molar refractivity (Wildman–Crippen MR) is 126 cm³/mol. The molecule has 2 aromatic rings. The highest BCUT2D eigenvalue weighted by Gasteiger charge is 2.36. The molecule has 2 saturated heterocycles. The van der Waals surface area contributed by atoms with E-state index in [1.807, 2.05) is 28.0 Å². The highest BCUT2D eigenvalue weighted by molar-refractivity contribution is 6.42. The molecule has 0 saturated carbocycles. The first-order valence-electron chi connectivity index (χ1n) is 11.1. The molecule has 3 aliphatic rings. The summed E-state index contributed by atoms with van der Waals surface area (Å²) in [6.07, 6.45) is 2.87. The van der Waals surface area contributed by atoms with Crippen LogP contribution in [-0.4, -0.2) is 64.9 Å². The lowest BCUT2D eigenvalue weighted by Gasteiger charge is -2.42. The van der Waals surface area contributed by atoms with E-state index in [1.165, 1.54) is 5.56 Å². The Bertz CT molecular complexity index is 1040. The average Bonchev–Trinajstić information content (AvgIpc) is 3.30. The molecule has 0 aromatic heterocycles. The summed E-state index contributed by atoms with van der Waals surface area (Å²) in [6.45, 7) is 4.02. The molecule has 0 aliphatic carbocycles. The van der Waals surface area contributed by atoms with Crippen LogP contribution in [0, 0.1) is 0 Å². The summed E-state index contributed by atoms with van der Waals surface area (Å²) in [5.41, 5.74) is 2.67. The molecular formula is C24H26Cl2N4O2. The maximum absolute atomic E-state index is 12.9. The van der Waals surface area contributed by atoms with E-state index in [0.29, 0.717) is 28.2 Å². The van der Waals surface area contributed by atoms with E-state index in [-0.39, 0.29) is 18.0 Å². The van der Waals surface area contributed by atoms with Crippen molar-refractivity contribution in [2.75, 3.05) is 31.5 Å². The standard InChI is InChI=1S/C24H26Cl2N4O2/c25-20-6-5-16(13-21(20)26)23(31)29-12-9-19(15-29)28-10-7-18(8-11-28)30-14-17-3-1-2-4-22(17)27-24(30)32/h1-6,13,18-19H,7-12,14-15H2,(H,27,32)/t19-/m1/s1. The van der Waals surface area contributed by atoms with E-state index in [0.717, 1.165) is 51.1 Å². The van der Waals surface area contributed by atoms with Crippen molar-refractivity contribution in [3.8, 4) is 0 Å². The Morgan fingerprint density at radius 1 is 0.938 bits per heavy atom. The quantitative estimate of drug-likeness (QED) is 0.702. The van der Waals surface area contributed by atoms with Gasteiger partial charge in [-0.2, -0.15) is 0 Å². The Morgan fingerprint density at radius 3 is 2.47 bits per heavy atom. The number of anilines is 1. The van der Waals surface area contributed by atoms with E-state index in [1.54, 1.807) is 18.2 Å². The van der Waals surface area contributed by atoms with Crippen molar-refractivity contribution in [1.82, 2.24) is 14.7 Å². The number of para-hydroxylation sites is 1. The number of nitrogens with one attached hydrogen (secondary N) is 1. The van der Waals surface area contributed by atoms with Crippen LogP contribution in [0.3, 0.4) is 0 Å². The molecule has 6 nitrogen and oxygen atoms in total. The van der Waals surface area contributed by atoms with Gasteiger partial charge < -0.3 is 15.1 Å². The van der Waals surface area contributed by atoms with Crippen LogP contribution in [0.4, 0.5) is 10.5 Å². The maximum atomic E-state index is 12.9. The first kappa shape index (κ1) is 21.6. The Labute approximate surface area is 198 Å². The number of hydrogen-bond donors (Lipinski definition) is 1. The Balaban J connectivity index is 1.16. The number of hydrogen-bond acceptors (Lipinski definition) is 3. The fraction of sp³-hybridized carbons (Fsp3) is 0.417. The molecule has 3 aliphatic heterocycles. The Hall–Kier alpha value is -2.28. The topological polar surface area (TPSA) is 55.9 Å². The molecule has 8 heteroatoms. The van der Waals surface area contributed by atoms with E-state index in [9.17, 15) is 9.59 Å². The SMILES string of the molecule is O=C(c1ccc(Cl)c(Cl)c1)N1CC[C@@H](N2CCC(N3Cc4ccccc4NC3=O)CC2)C1. The molecule has 0 bridgehead atoms. The Morgan fingerprint density at radius 2 is 1.69 bits per heavy atom. The van der Waals surface area contributed by atoms with Crippen LogP contribution in [0.25, 0.3) is 0 Å². The van der Waals surface area contributed by atoms with Crippen LogP contribution in [0.1, 0.15) is 35.2 Å². The smallest absolute Gasteiger partial charge is 0.322 e. The maximum Gasteiger partial charge on any atom is 0.322 e. The second-order valence-electron chi connectivity index (χ2n) is 8.80. The predicted octanol–water partition coefficient (Wildman–Crippen LogP) is 4.72. The van der Waals surface area contributed by atoms with Crippen LogP contribution >= 0.6 is 23.2 Å². The normalized spacial score (nSPS) is 22.1. The molecule has 0 spiro atoms. The lowest BCUT2D eigenvalue weighted by Crippen LogP contribution is -2.52. The van der Waals surface area contributed by atoms with Gasteiger partial charge in [0.05, 0.1) is 10.0 Å². The summed E-state index contributed by atoms with van der Waals surface area (Å²) in [5, 5.41) is 3.88. The highest BCUT2D eigenvalue weighted by atomic mass is 35.5. The minimum Gasteiger partial charge on any atom is -0.337 e. The van der Waals surface area contributed by atoms with Gasteiger partial charge in [0, 0.05) is 56.1 Å². The number of carbonyl (C=O) groups excluding carboxylic acids is 2. The second kappa shape index (κ2) is 8.93. The van der Waals surface area contributed by atoms with Crippen LogP contribution in [0.2, 0.25) is 10.0 Å². The molecule has 32 heavy (non-hydrogen) atoms. The highest BCUT2D eigenvalue weighted by Crippen LogP contribution is 2.30. The van der Waals surface area contributed by atoms with Crippen LogP contribution in [-0.2, 0) is 6.54 Å². The Kier molecular flexibility index (Phi) is 6.01. The number of benzene rings is 2. The number of carbonyl (C=O) groups is 2. The molecule has 0 radical (unpaired) electrons. The zero-order chi connectivity index (χ0) is 22.2. The number of fused-ring (bicyclic) bond motifs is 1. The number of piperidine rings is 1. The summed E-state index contributed by atoms with van der Waals surface area (Å²) in [7, 11) is 0. The molecule has 2 fully saturated rings. The van der Waals surface area contributed by atoms with Gasteiger partial charge in [-0.05, 0) is 49.1 Å². The van der Waals surface area contributed by atoms with Gasteiger partial charge in [-0.25, -0.2) is 4.79 Å². The number of rotatable bonds is 3. The zero-order valence-electron chi connectivity index (χ0n) is 17.8. The van der Waals surface area contributed by atoms with Crippen molar-refractivity contribution in [1.29, 1.82) is 0 Å². The van der Waals surface area contributed by atoms with E-state index in [2.05, 4.69) is 16.3 Å². The number of likely N-dealkylation sites (tertiary alicyclic amines) is 2. The van der Waals surface area contributed by atoms with Crippen molar-refractivity contribution in [2.24, 2.45) is 0 Å². The minimum absolute atomic E-state index is 0.00131. The van der Waals surface area contributed by atoms with Crippen molar-refractivity contribution in [3.05, 3.63) is 63.6 Å². The van der Waals surface area contributed by atoms with Gasteiger partial charge >= 0.3 is 6.03 Å². The largest absolute Gasteiger partial charge is 0.337 e. The number of halogens is 2. The van der Waals surface area contributed by atoms with Crippen LogP contribution < -0.4 is 5.32 Å². The monoisotopic (exact) mass is 472 g/mol. The fourth-order valence-electron chi connectivity index (χ4n) is 5.12. The van der Waals surface area contributed by atoms with E-state index < -0.39 is 0 Å². The van der Waals surface area contributed by atoms with Crippen LogP contribution in [0.15, 0.2) is 42.5 Å². The third-order valence-corrected chi connectivity index (χ3v) is 7.67. The molecule has 2 aromatic carbocycles.